The van der Waals surface area contributed by atoms with E-state index in [-0.39, 0.29) is 29.3 Å². The van der Waals surface area contributed by atoms with Crippen molar-refractivity contribution in [2.75, 3.05) is 26.5 Å². The van der Waals surface area contributed by atoms with E-state index in [2.05, 4.69) is 10.5 Å². The molecule has 1 aromatic heterocycles. The first kappa shape index (κ1) is 21.4. The van der Waals surface area contributed by atoms with Crippen LogP contribution in [0.3, 0.4) is 0 Å². The number of aromatic nitrogens is 1. The van der Waals surface area contributed by atoms with Gasteiger partial charge in [-0.1, -0.05) is 23.4 Å². The fraction of sp³-hybridized carbons (Fsp3) is 0.238. The first-order valence-corrected chi connectivity index (χ1v) is 10.8. The first-order chi connectivity index (χ1) is 14.4. The number of carbonyl (C=O) groups is 1. The van der Waals surface area contributed by atoms with Crippen LogP contribution in [0.4, 0.5) is 0 Å². The topological polar surface area (TPSA) is 108 Å². The summed E-state index contributed by atoms with van der Waals surface area (Å²) in [5, 5.41) is 6.45. The van der Waals surface area contributed by atoms with E-state index in [1.165, 1.54) is 13.2 Å². The lowest BCUT2D eigenvalue weighted by molar-refractivity contribution is 0.0944. The molecule has 0 fully saturated rings. The zero-order chi connectivity index (χ0) is 21.6. The molecule has 0 aliphatic carbocycles. The first-order valence-electron chi connectivity index (χ1n) is 9.19. The Bertz CT molecular complexity index is 1110. The lowest BCUT2D eigenvalue weighted by atomic mass is 10.1. The summed E-state index contributed by atoms with van der Waals surface area (Å²) in [6, 6.07) is 14.9. The molecule has 8 nitrogen and oxygen atoms in total. The van der Waals surface area contributed by atoms with E-state index in [0.717, 1.165) is 0 Å². The van der Waals surface area contributed by atoms with Gasteiger partial charge in [0.25, 0.3) is 5.91 Å². The van der Waals surface area contributed by atoms with E-state index in [4.69, 9.17) is 14.0 Å². The minimum absolute atomic E-state index is 0.0671. The van der Waals surface area contributed by atoms with Crippen molar-refractivity contribution in [1.29, 1.82) is 0 Å². The Kier molecular flexibility index (Phi) is 6.73. The summed E-state index contributed by atoms with van der Waals surface area (Å²) in [6.45, 7) is 0.190. The molecule has 0 aliphatic rings. The van der Waals surface area contributed by atoms with Crippen molar-refractivity contribution in [3.8, 4) is 22.8 Å². The molecule has 0 bridgehead atoms. The molecule has 1 heterocycles. The highest BCUT2D eigenvalue weighted by Crippen LogP contribution is 2.33. The number of sulfone groups is 1. The quantitative estimate of drug-likeness (QED) is 0.520. The molecular weight excluding hydrogens is 408 g/mol. The molecule has 3 aromatic rings. The number of rotatable bonds is 9. The van der Waals surface area contributed by atoms with E-state index in [9.17, 15) is 13.2 Å². The minimum Gasteiger partial charge on any atom is -0.497 e. The maximum absolute atomic E-state index is 12.3. The largest absolute Gasteiger partial charge is 0.497 e. The van der Waals surface area contributed by atoms with Crippen molar-refractivity contribution >= 4 is 15.7 Å². The third-order valence-corrected chi connectivity index (χ3v) is 6.21. The average molecular weight is 430 g/mol. The second kappa shape index (κ2) is 9.45. The Balaban J connectivity index is 1.60. The summed E-state index contributed by atoms with van der Waals surface area (Å²) < 4.78 is 40.3. The molecule has 3 rings (SSSR count). The molecule has 0 unspecified atom stereocenters. The molecule has 0 radical (unpaired) electrons. The van der Waals surface area contributed by atoms with E-state index in [0.29, 0.717) is 22.8 Å². The number of carbonyl (C=O) groups excluding carboxylic acids is 1. The predicted molar refractivity (Wildman–Crippen MR) is 110 cm³/mol. The Labute approximate surface area is 174 Å². The van der Waals surface area contributed by atoms with Crippen LogP contribution in [-0.4, -0.2) is 46.0 Å². The molecule has 0 spiro atoms. The van der Waals surface area contributed by atoms with Crippen molar-refractivity contribution in [3.05, 3.63) is 60.3 Å². The predicted octanol–water partition coefficient (Wildman–Crippen LogP) is 2.95. The minimum atomic E-state index is -3.38. The maximum Gasteiger partial charge on any atom is 0.273 e. The summed E-state index contributed by atoms with van der Waals surface area (Å²) in [4.78, 5) is 12.6. The van der Waals surface area contributed by atoms with Gasteiger partial charge >= 0.3 is 0 Å². The molecule has 9 heteroatoms. The standard InChI is InChI=1S/C21H22N2O6S/c1-27-15-9-10-19(28-2)17(13-15)20-14-18(23-29-20)21(24)22-11-6-12-30(25,26)16-7-4-3-5-8-16/h3-5,7-10,13-14H,6,11-12H2,1-2H3,(H,22,24). The molecule has 30 heavy (non-hydrogen) atoms. The lowest BCUT2D eigenvalue weighted by Gasteiger charge is -2.07. The van der Waals surface area contributed by atoms with Crippen molar-refractivity contribution in [3.63, 3.8) is 0 Å². The van der Waals surface area contributed by atoms with Crippen LogP contribution in [0.5, 0.6) is 11.5 Å². The molecule has 0 aliphatic heterocycles. The van der Waals surface area contributed by atoms with E-state index < -0.39 is 15.7 Å². The van der Waals surface area contributed by atoms with Crippen LogP contribution in [0.15, 0.2) is 64.0 Å². The van der Waals surface area contributed by atoms with Crippen molar-refractivity contribution < 1.29 is 27.2 Å². The van der Waals surface area contributed by atoms with Gasteiger partial charge in [0.2, 0.25) is 0 Å². The van der Waals surface area contributed by atoms with E-state index in [1.807, 2.05) is 0 Å². The summed E-state index contributed by atoms with van der Waals surface area (Å²) in [5.41, 5.74) is 0.679. The molecular formula is C21H22N2O6S. The van der Waals surface area contributed by atoms with Gasteiger partial charge in [-0.2, -0.15) is 0 Å². The van der Waals surface area contributed by atoms with E-state index in [1.54, 1.807) is 55.6 Å². The Morgan fingerprint density at radius 1 is 1.07 bits per heavy atom. The summed E-state index contributed by atoms with van der Waals surface area (Å²) in [7, 11) is -0.309. The normalized spacial score (nSPS) is 11.1. The summed E-state index contributed by atoms with van der Waals surface area (Å²) >= 11 is 0. The van der Waals surface area contributed by atoms with Gasteiger partial charge in [-0.05, 0) is 36.8 Å². The van der Waals surface area contributed by atoms with Crippen LogP contribution in [0.1, 0.15) is 16.9 Å². The fourth-order valence-corrected chi connectivity index (χ4v) is 4.15. The zero-order valence-corrected chi connectivity index (χ0v) is 17.4. The Morgan fingerprint density at radius 3 is 2.53 bits per heavy atom. The van der Waals surface area contributed by atoms with Gasteiger partial charge in [-0.3, -0.25) is 4.79 Å². The number of benzene rings is 2. The van der Waals surface area contributed by atoms with Gasteiger partial charge in [0.15, 0.2) is 21.3 Å². The molecule has 1 N–H and O–H groups in total. The van der Waals surface area contributed by atoms with Crippen molar-refractivity contribution in [1.82, 2.24) is 10.5 Å². The van der Waals surface area contributed by atoms with Gasteiger partial charge in [0.05, 0.1) is 30.4 Å². The number of ether oxygens (including phenoxy) is 2. The highest BCUT2D eigenvalue weighted by atomic mass is 32.2. The van der Waals surface area contributed by atoms with Crippen molar-refractivity contribution in [2.45, 2.75) is 11.3 Å². The number of amides is 1. The fourth-order valence-electron chi connectivity index (χ4n) is 2.82. The molecule has 0 saturated heterocycles. The number of methoxy groups -OCH3 is 2. The number of hydrogen-bond acceptors (Lipinski definition) is 7. The Morgan fingerprint density at radius 2 is 1.83 bits per heavy atom. The van der Waals surface area contributed by atoms with Gasteiger partial charge < -0.3 is 19.3 Å². The molecule has 0 saturated carbocycles. The summed E-state index contributed by atoms with van der Waals surface area (Å²) in [6.07, 6.45) is 0.275. The lowest BCUT2D eigenvalue weighted by Crippen LogP contribution is -2.26. The van der Waals surface area contributed by atoms with Crippen molar-refractivity contribution in [2.24, 2.45) is 0 Å². The number of hydrogen-bond donors (Lipinski definition) is 1. The van der Waals surface area contributed by atoms with Gasteiger partial charge in [0, 0.05) is 12.6 Å². The van der Waals surface area contributed by atoms with Crippen LogP contribution >= 0.6 is 0 Å². The number of nitrogens with zero attached hydrogens (tertiary/aromatic N) is 1. The second-order valence-electron chi connectivity index (χ2n) is 6.38. The maximum atomic E-state index is 12.3. The van der Waals surface area contributed by atoms with Crippen LogP contribution in [-0.2, 0) is 9.84 Å². The summed E-state index contributed by atoms with van der Waals surface area (Å²) in [5.74, 6) is 0.979. The smallest absolute Gasteiger partial charge is 0.273 e. The highest BCUT2D eigenvalue weighted by molar-refractivity contribution is 7.91. The van der Waals surface area contributed by atoms with Gasteiger partial charge in [-0.25, -0.2) is 8.42 Å². The zero-order valence-electron chi connectivity index (χ0n) is 16.6. The third-order valence-electron chi connectivity index (χ3n) is 4.39. The Hall–Kier alpha value is -3.33. The van der Waals surface area contributed by atoms with Crippen LogP contribution in [0, 0.1) is 0 Å². The average Bonchev–Trinajstić information content (AvgIpc) is 3.27. The van der Waals surface area contributed by atoms with Crippen LogP contribution < -0.4 is 14.8 Å². The third kappa shape index (κ3) is 4.98. The molecule has 1 amide bonds. The molecule has 158 valence electrons. The second-order valence-corrected chi connectivity index (χ2v) is 8.49. The SMILES string of the molecule is COc1ccc(OC)c(-c2cc(C(=O)NCCCS(=O)(=O)c3ccccc3)no2)c1. The van der Waals surface area contributed by atoms with Gasteiger partial charge in [-0.15, -0.1) is 0 Å². The monoisotopic (exact) mass is 430 g/mol. The number of nitrogens with one attached hydrogen (secondary N) is 1. The van der Waals surface area contributed by atoms with Gasteiger partial charge in [0.1, 0.15) is 11.5 Å². The van der Waals surface area contributed by atoms with Crippen LogP contribution in [0.25, 0.3) is 11.3 Å². The molecule has 0 atom stereocenters. The van der Waals surface area contributed by atoms with Crippen LogP contribution in [0.2, 0.25) is 0 Å². The molecule has 2 aromatic carbocycles. The highest BCUT2D eigenvalue weighted by Gasteiger charge is 2.18. The van der Waals surface area contributed by atoms with E-state index >= 15 is 0 Å².